The summed E-state index contributed by atoms with van der Waals surface area (Å²) >= 11 is 0. The molecule has 0 bridgehead atoms. The van der Waals surface area contributed by atoms with Crippen molar-refractivity contribution in [1.82, 2.24) is 19.8 Å². The van der Waals surface area contributed by atoms with E-state index in [0.717, 1.165) is 31.2 Å². The molecule has 1 fully saturated rings. The molecule has 2 aromatic rings. The molecule has 0 spiro atoms. The summed E-state index contributed by atoms with van der Waals surface area (Å²) in [4.78, 5) is 13.5. The zero-order chi connectivity index (χ0) is 18.5. The molecule has 1 aromatic carbocycles. The van der Waals surface area contributed by atoms with E-state index >= 15 is 0 Å². The van der Waals surface area contributed by atoms with Gasteiger partial charge in [-0.1, -0.05) is 24.6 Å². The molecule has 0 aliphatic carbocycles. The summed E-state index contributed by atoms with van der Waals surface area (Å²) in [5, 5.41) is 0. The fraction of sp³-hybridized carbons (Fsp3) is 0.545. The van der Waals surface area contributed by atoms with Gasteiger partial charge in [0.1, 0.15) is 0 Å². The molecule has 1 aromatic heterocycles. The number of piperidine rings is 1. The molecule has 1 atom stereocenters. The highest BCUT2D eigenvalue weighted by Crippen LogP contribution is 2.23. The minimum absolute atomic E-state index is 0.820. The Hall–Kier alpha value is -1.78. The van der Waals surface area contributed by atoms with Gasteiger partial charge >= 0.3 is 0 Å². The third-order valence-corrected chi connectivity index (χ3v) is 5.39. The van der Waals surface area contributed by atoms with E-state index < -0.39 is 0 Å². The summed E-state index contributed by atoms with van der Waals surface area (Å²) in [7, 11) is 2.16. The van der Waals surface area contributed by atoms with E-state index in [9.17, 15) is 0 Å². The molecule has 0 amide bonds. The largest absolute Gasteiger partial charge is 0.299 e. The summed E-state index contributed by atoms with van der Waals surface area (Å²) in [6.45, 7) is 12.2. The Labute approximate surface area is 158 Å². The minimum Gasteiger partial charge on any atom is -0.299 e. The summed E-state index contributed by atoms with van der Waals surface area (Å²) in [5.74, 6) is 0.825. The highest BCUT2D eigenvalue weighted by Gasteiger charge is 2.18. The normalized spacial score (nSPS) is 18.4. The first-order chi connectivity index (χ1) is 12.5. The molecule has 4 nitrogen and oxygen atoms in total. The molecule has 1 aliphatic heterocycles. The number of aromatic nitrogens is 2. The van der Waals surface area contributed by atoms with E-state index in [-0.39, 0.29) is 0 Å². The van der Waals surface area contributed by atoms with Crippen LogP contribution in [0.15, 0.2) is 30.7 Å². The Morgan fingerprint density at radius 1 is 1.15 bits per heavy atom. The van der Waals surface area contributed by atoms with Gasteiger partial charge in [-0.15, -0.1) is 0 Å². The van der Waals surface area contributed by atoms with Gasteiger partial charge in [0, 0.05) is 44.8 Å². The first kappa shape index (κ1) is 19.0. The van der Waals surface area contributed by atoms with Crippen LogP contribution in [0.1, 0.15) is 47.7 Å². The van der Waals surface area contributed by atoms with Crippen molar-refractivity contribution in [2.75, 3.05) is 20.1 Å². The Kier molecular flexibility index (Phi) is 6.38. The third-order valence-electron chi connectivity index (χ3n) is 5.39. The molecule has 2 heterocycles. The van der Waals surface area contributed by atoms with Gasteiger partial charge in [-0.3, -0.25) is 19.8 Å². The molecule has 0 saturated carbocycles. The number of aryl methyl sites for hydroxylation is 1. The van der Waals surface area contributed by atoms with E-state index in [1.807, 2.05) is 6.20 Å². The van der Waals surface area contributed by atoms with Crippen LogP contribution < -0.4 is 0 Å². The van der Waals surface area contributed by atoms with E-state index in [0.29, 0.717) is 0 Å². The zero-order valence-corrected chi connectivity index (χ0v) is 16.7. The van der Waals surface area contributed by atoms with Crippen LogP contribution in [-0.4, -0.2) is 39.9 Å². The second-order valence-electron chi connectivity index (χ2n) is 8.06. The topological polar surface area (TPSA) is 32.3 Å². The van der Waals surface area contributed by atoms with Crippen molar-refractivity contribution in [2.24, 2.45) is 5.92 Å². The highest BCUT2D eigenvalue weighted by molar-refractivity contribution is 5.38. The van der Waals surface area contributed by atoms with Crippen LogP contribution in [0.3, 0.4) is 0 Å². The molecule has 26 heavy (non-hydrogen) atoms. The van der Waals surface area contributed by atoms with Crippen molar-refractivity contribution in [2.45, 2.75) is 53.2 Å². The molecule has 4 heteroatoms. The Morgan fingerprint density at radius 2 is 1.96 bits per heavy atom. The predicted molar refractivity (Wildman–Crippen MR) is 107 cm³/mol. The molecule has 3 rings (SSSR count). The number of hydrogen-bond donors (Lipinski definition) is 0. The van der Waals surface area contributed by atoms with E-state index in [2.05, 4.69) is 59.7 Å². The quantitative estimate of drug-likeness (QED) is 0.788. The molecular weight excluding hydrogens is 320 g/mol. The fourth-order valence-electron chi connectivity index (χ4n) is 4.05. The molecular formula is C22H32N4. The van der Waals surface area contributed by atoms with E-state index in [1.54, 1.807) is 12.4 Å². The SMILES string of the molecule is Cc1cc(CN(C)Cc2cnccn2)c(C)c(CN2CCC[C@H](C)C2)c1. The van der Waals surface area contributed by atoms with Crippen LogP contribution in [0, 0.1) is 19.8 Å². The number of likely N-dealkylation sites (tertiary alicyclic amines) is 1. The number of hydrogen-bond acceptors (Lipinski definition) is 4. The molecule has 140 valence electrons. The van der Waals surface area contributed by atoms with Crippen molar-refractivity contribution in [3.05, 3.63) is 58.7 Å². The molecule has 0 unspecified atom stereocenters. The van der Waals surface area contributed by atoms with E-state index in [4.69, 9.17) is 0 Å². The van der Waals surface area contributed by atoms with Crippen molar-refractivity contribution >= 4 is 0 Å². The van der Waals surface area contributed by atoms with Crippen LogP contribution >= 0.6 is 0 Å². The lowest BCUT2D eigenvalue weighted by Crippen LogP contribution is -2.34. The molecule has 0 N–H and O–H groups in total. The lowest BCUT2D eigenvalue weighted by atomic mass is 9.96. The van der Waals surface area contributed by atoms with Crippen LogP contribution in [0.2, 0.25) is 0 Å². The second-order valence-corrected chi connectivity index (χ2v) is 8.06. The van der Waals surface area contributed by atoms with Gasteiger partial charge in [-0.25, -0.2) is 0 Å². The van der Waals surface area contributed by atoms with Crippen LogP contribution in [0.25, 0.3) is 0 Å². The molecule has 1 aliphatic rings. The van der Waals surface area contributed by atoms with Gasteiger partial charge in [-0.2, -0.15) is 0 Å². The fourth-order valence-corrected chi connectivity index (χ4v) is 4.05. The second kappa shape index (κ2) is 8.74. The molecule has 1 saturated heterocycles. The lowest BCUT2D eigenvalue weighted by molar-refractivity contribution is 0.176. The summed E-state index contributed by atoms with van der Waals surface area (Å²) in [5.41, 5.74) is 6.74. The van der Waals surface area contributed by atoms with Gasteiger partial charge in [0.2, 0.25) is 0 Å². The summed E-state index contributed by atoms with van der Waals surface area (Å²) in [6.07, 6.45) is 8.05. The minimum atomic E-state index is 0.820. The van der Waals surface area contributed by atoms with Gasteiger partial charge in [-0.05, 0) is 62.9 Å². The van der Waals surface area contributed by atoms with Gasteiger partial charge in [0.05, 0.1) is 5.69 Å². The van der Waals surface area contributed by atoms with E-state index in [1.165, 1.54) is 48.2 Å². The van der Waals surface area contributed by atoms with Gasteiger partial charge in [0.25, 0.3) is 0 Å². The van der Waals surface area contributed by atoms with Crippen LogP contribution in [0.5, 0.6) is 0 Å². The van der Waals surface area contributed by atoms with Crippen molar-refractivity contribution in [1.29, 1.82) is 0 Å². The zero-order valence-electron chi connectivity index (χ0n) is 16.7. The van der Waals surface area contributed by atoms with Crippen LogP contribution in [-0.2, 0) is 19.6 Å². The Morgan fingerprint density at radius 3 is 2.69 bits per heavy atom. The summed E-state index contributed by atoms with van der Waals surface area (Å²) < 4.78 is 0. The molecule has 0 radical (unpaired) electrons. The maximum Gasteiger partial charge on any atom is 0.0726 e. The average molecular weight is 353 g/mol. The maximum atomic E-state index is 4.39. The highest BCUT2D eigenvalue weighted by atomic mass is 15.1. The van der Waals surface area contributed by atoms with Gasteiger partial charge in [0.15, 0.2) is 0 Å². The van der Waals surface area contributed by atoms with Crippen molar-refractivity contribution in [3.63, 3.8) is 0 Å². The van der Waals surface area contributed by atoms with Crippen LogP contribution in [0.4, 0.5) is 0 Å². The average Bonchev–Trinajstić information content (AvgIpc) is 2.60. The van der Waals surface area contributed by atoms with Crippen molar-refractivity contribution in [3.8, 4) is 0 Å². The smallest absolute Gasteiger partial charge is 0.0726 e. The Balaban J connectivity index is 1.70. The van der Waals surface area contributed by atoms with Crippen molar-refractivity contribution < 1.29 is 0 Å². The Bertz CT molecular complexity index is 714. The number of rotatable bonds is 6. The summed E-state index contributed by atoms with van der Waals surface area (Å²) in [6, 6.07) is 4.71. The lowest BCUT2D eigenvalue weighted by Gasteiger charge is -2.31. The number of nitrogens with zero attached hydrogens (tertiary/aromatic N) is 4. The maximum absolute atomic E-state index is 4.39. The van der Waals surface area contributed by atoms with Gasteiger partial charge < -0.3 is 0 Å². The third kappa shape index (κ3) is 5.12. The monoisotopic (exact) mass is 352 g/mol. The first-order valence-electron chi connectivity index (χ1n) is 9.76. The first-order valence-corrected chi connectivity index (χ1v) is 9.76. The predicted octanol–water partition coefficient (Wildman–Crippen LogP) is 3.96. The standard InChI is InChI=1S/C22H32N4/c1-17-6-5-9-26(13-17)15-21-11-18(2)10-20(19(21)3)14-25(4)16-22-12-23-7-8-24-22/h7-8,10-12,17H,5-6,9,13-16H2,1-4H3/t17-/m0/s1. The number of benzene rings is 1.